The molecule has 0 aliphatic carbocycles. The lowest BCUT2D eigenvalue weighted by atomic mass is 9.91. The Morgan fingerprint density at radius 3 is 2.53 bits per heavy atom. The summed E-state index contributed by atoms with van der Waals surface area (Å²) in [7, 11) is 0. The molecule has 15 heavy (non-hydrogen) atoms. The van der Waals surface area contributed by atoms with Crippen LogP contribution in [0, 0.1) is 11.8 Å². The first-order valence-corrected chi connectivity index (χ1v) is 5.55. The molecule has 2 rings (SSSR count). The number of hydrogen-bond donors (Lipinski definition) is 0. The van der Waals surface area contributed by atoms with Gasteiger partial charge in [0.25, 0.3) is 0 Å². The van der Waals surface area contributed by atoms with Gasteiger partial charge in [0, 0.05) is 18.2 Å². The van der Waals surface area contributed by atoms with Gasteiger partial charge in [-0.15, -0.1) is 0 Å². The molecule has 1 fully saturated rings. The minimum absolute atomic E-state index is 0.161. The molecular formula is C13H17NO. The maximum absolute atomic E-state index is 12.0. The number of carbonyl (C=O) groups excluding carboxylic acids is 1. The van der Waals surface area contributed by atoms with Gasteiger partial charge < -0.3 is 4.90 Å². The molecule has 0 aromatic heterocycles. The van der Waals surface area contributed by atoms with Crippen molar-refractivity contribution in [2.24, 2.45) is 11.8 Å². The third-order valence-electron chi connectivity index (χ3n) is 3.01. The van der Waals surface area contributed by atoms with Crippen molar-refractivity contribution in [3.8, 4) is 0 Å². The number of rotatable bonds is 1. The van der Waals surface area contributed by atoms with E-state index in [4.69, 9.17) is 0 Å². The van der Waals surface area contributed by atoms with Crippen LogP contribution in [0.25, 0.3) is 0 Å². The van der Waals surface area contributed by atoms with Crippen molar-refractivity contribution in [3.05, 3.63) is 30.3 Å². The molecule has 1 amide bonds. The van der Waals surface area contributed by atoms with Gasteiger partial charge in [-0.05, 0) is 24.5 Å². The van der Waals surface area contributed by atoms with Crippen LogP contribution in [0.1, 0.15) is 20.3 Å². The van der Waals surface area contributed by atoms with Crippen molar-refractivity contribution in [2.45, 2.75) is 20.3 Å². The Labute approximate surface area is 90.9 Å². The smallest absolute Gasteiger partial charge is 0.229 e. The van der Waals surface area contributed by atoms with Crippen LogP contribution in [0.3, 0.4) is 0 Å². The topological polar surface area (TPSA) is 20.3 Å². The van der Waals surface area contributed by atoms with E-state index in [1.54, 1.807) is 0 Å². The second kappa shape index (κ2) is 4.05. The van der Waals surface area contributed by atoms with Gasteiger partial charge in [-0.2, -0.15) is 0 Å². The monoisotopic (exact) mass is 203 g/mol. The van der Waals surface area contributed by atoms with Crippen molar-refractivity contribution in [2.75, 3.05) is 11.4 Å². The molecule has 2 heteroatoms. The number of amides is 1. The molecule has 1 aliphatic rings. The van der Waals surface area contributed by atoms with Crippen molar-refractivity contribution in [1.29, 1.82) is 0 Å². The molecule has 80 valence electrons. The summed E-state index contributed by atoms with van der Waals surface area (Å²) in [5.74, 6) is 1.02. The lowest BCUT2D eigenvalue weighted by Crippen LogP contribution is -2.43. The maximum atomic E-state index is 12.0. The Balaban J connectivity index is 2.24. The summed E-state index contributed by atoms with van der Waals surface area (Å²) < 4.78 is 0. The molecule has 1 saturated heterocycles. The highest BCUT2D eigenvalue weighted by Crippen LogP contribution is 2.26. The molecule has 2 nitrogen and oxygen atoms in total. The molecule has 1 aliphatic heterocycles. The molecule has 1 aromatic rings. The fourth-order valence-electron chi connectivity index (χ4n) is 2.29. The maximum Gasteiger partial charge on any atom is 0.229 e. The van der Waals surface area contributed by atoms with Crippen molar-refractivity contribution in [1.82, 2.24) is 0 Å². The van der Waals surface area contributed by atoms with Gasteiger partial charge in [0.05, 0.1) is 0 Å². The Hall–Kier alpha value is -1.31. The number of carbonyl (C=O) groups is 1. The van der Waals surface area contributed by atoms with Crippen molar-refractivity contribution in [3.63, 3.8) is 0 Å². The summed E-state index contributed by atoms with van der Waals surface area (Å²) in [4.78, 5) is 13.9. The molecular weight excluding hydrogens is 186 g/mol. The summed E-state index contributed by atoms with van der Waals surface area (Å²) >= 11 is 0. The van der Waals surface area contributed by atoms with Gasteiger partial charge in [0.2, 0.25) is 5.91 Å². The van der Waals surface area contributed by atoms with Gasteiger partial charge in [0.1, 0.15) is 0 Å². The van der Waals surface area contributed by atoms with E-state index in [-0.39, 0.29) is 11.8 Å². The summed E-state index contributed by atoms with van der Waals surface area (Å²) in [6.07, 6.45) is 1.02. The standard InChI is InChI=1S/C13H17NO/c1-10-8-11(2)13(15)14(9-10)12-6-4-3-5-7-12/h3-7,10-11H,8-9H2,1-2H3/t10?,11-/m0/s1. The Morgan fingerprint density at radius 1 is 1.20 bits per heavy atom. The van der Waals surface area contributed by atoms with Crippen LogP contribution in [0.5, 0.6) is 0 Å². The van der Waals surface area contributed by atoms with E-state index in [2.05, 4.69) is 6.92 Å². The van der Waals surface area contributed by atoms with Crippen molar-refractivity contribution >= 4 is 11.6 Å². The van der Waals surface area contributed by atoms with Gasteiger partial charge in [0.15, 0.2) is 0 Å². The third kappa shape index (κ3) is 2.04. The highest BCUT2D eigenvalue weighted by Gasteiger charge is 2.29. The lowest BCUT2D eigenvalue weighted by molar-refractivity contribution is -0.123. The van der Waals surface area contributed by atoms with E-state index >= 15 is 0 Å². The van der Waals surface area contributed by atoms with Gasteiger partial charge in [-0.3, -0.25) is 4.79 Å². The van der Waals surface area contributed by atoms with Crippen LogP contribution in [0.2, 0.25) is 0 Å². The zero-order valence-electron chi connectivity index (χ0n) is 9.31. The summed E-state index contributed by atoms with van der Waals surface area (Å²) in [6, 6.07) is 9.94. The Bertz CT molecular complexity index is 347. The predicted octanol–water partition coefficient (Wildman–Crippen LogP) is 2.70. The summed E-state index contributed by atoms with van der Waals surface area (Å²) in [5.41, 5.74) is 1.03. The van der Waals surface area contributed by atoms with Crippen molar-refractivity contribution < 1.29 is 4.79 Å². The zero-order valence-corrected chi connectivity index (χ0v) is 9.31. The molecule has 1 heterocycles. The van der Waals surface area contributed by atoms with Gasteiger partial charge in [-0.25, -0.2) is 0 Å². The van der Waals surface area contributed by atoms with Crippen LogP contribution in [0.4, 0.5) is 5.69 Å². The van der Waals surface area contributed by atoms with Gasteiger partial charge in [-0.1, -0.05) is 32.0 Å². The third-order valence-corrected chi connectivity index (χ3v) is 3.01. The average Bonchev–Trinajstić information content (AvgIpc) is 2.24. The molecule has 0 saturated carbocycles. The quantitative estimate of drug-likeness (QED) is 0.687. The van der Waals surface area contributed by atoms with E-state index in [0.717, 1.165) is 18.7 Å². The number of piperidine rings is 1. The summed E-state index contributed by atoms with van der Waals surface area (Å²) in [6.45, 7) is 5.08. The molecule has 0 N–H and O–H groups in total. The highest BCUT2D eigenvalue weighted by atomic mass is 16.2. The van der Waals surface area contributed by atoms with Gasteiger partial charge >= 0.3 is 0 Å². The fraction of sp³-hybridized carbons (Fsp3) is 0.462. The highest BCUT2D eigenvalue weighted by molar-refractivity contribution is 5.95. The van der Waals surface area contributed by atoms with E-state index in [1.807, 2.05) is 42.2 Å². The summed E-state index contributed by atoms with van der Waals surface area (Å²) in [5, 5.41) is 0. The number of benzene rings is 1. The molecule has 0 bridgehead atoms. The normalized spacial score (nSPS) is 26.8. The number of anilines is 1. The fourth-order valence-corrected chi connectivity index (χ4v) is 2.29. The number of hydrogen-bond acceptors (Lipinski definition) is 1. The first-order chi connectivity index (χ1) is 7.18. The van der Waals surface area contributed by atoms with Crippen LogP contribution >= 0.6 is 0 Å². The molecule has 1 unspecified atom stereocenters. The first kappa shape index (κ1) is 10.2. The molecule has 0 radical (unpaired) electrons. The van der Waals surface area contributed by atoms with Crippen LogP contribution < -0.4 is 4.90 Å². The molecule has 2 atom stereocenters. The first-order valence-electron chi connectivity index (χ1n) is 5.55. The second-order valence-electron chi connectivity index (χ2n) is 4.53. The van der Waals surface area contributed by atoms with E-state index in [1.165, 1.54) is 0 Å². The van der Waals surface area contributed by atoms with Crippen LogP contribution in [-0.2, 0) is 4.79 Å². The average molecular weight is 203 g/mol. The second-order valence-corrected chi connectivity index (χ2v) is 4.53. The molecule has 1 aromatic carbocycles. The van der Waals surface area contributed by atoms with E-state index < -0.39 is 0 Å². The minimum Gasteiger partial charge on any atom is -0.312 e. The zero-order chi connectivity index (χ0) is 10.8. The predicted molar refractivity (Wildman–Crippen MR) is 61.7 cm³/mol. The number of nitrogens with zero attached hydrogens (tertiary/aromatic N) is 1. The Morgan fingerprint density at radius 2 is 1.87 bits per heavy atom. The van der Waals surface area contributed by atoms with Crippen LogP contribution in [-0.4, -0.2) is 12.5 Å². The SMILES string of the molecule is CC1C[C@H](C)C(=O)N(c2ccccc2)C1. The van der Waals surface area contributed by atoms with E-state index in [9.17, 15) is 4.79 Å². The lowest BCUT2D eigenvalue weighted by Gasteiger charge is -2.34. The number of para-hydroxylation sites is 1. The van der Waals surface area contributed by atoms with Crippen LogP contribution in [0.15, 0.2) is 30.3 Å². The largest absolute Gasteiger partial charge is 0.312 e. The Kier molecular flexibility index (Phi) is 2.76. The minimum atomic E-state index is 0.161. The van der Waals surface area contributed by atoms with E-state index in [0.29, 0.717) is 5.92 Å². The molecule has 0 spiro atoms.